The Labute approximate surface area is 94.4 Å². The van der Waals surface area contributed by atoms with Gasteiger partial charge >= 0.3 is 5.97 Å². The third kappa shape index (κ3) is 3.41. The van der Waals surface area contributed by atoms with E-state index >= 15 is 0 Å². The Bertz CT molecular complexity index is 392. The number of nitrogens with zero attached hydrogens (tertiary/aromatic N) is 1. The van der Waals surface area contributed by atoms with Gasteiger partial charge in [0.25, 0.3) is 0 Å². The summed E-state index contributed by atoms with van der Waals surface area (Å²) < 4.78 is 4.58. The van der Waals surface area contributed by atoms with Crippen LogP contribution in [0.15, 0.2) is 12.1 Å². The van der Waals surface area contributed by atoms with Crippen LogP contribution in [0.1, 0.15) is 29.5 Å². The molecule has 86 valence electrons. The third-order valence-electron chi connectivity index (χ3n) is 2.19. The van der Waals surface area contributed by atoms with Gasteiger partial charge in [0.1, 0.15) is 5.69 Å². The number of carbonyl (C=O) groups excluding carboxylic acids is 1. The topological polar surface area (TPSA) is 77.9 Å². The van der Waals surface area contributed by atoms with Gasteiger partial charge in [0.05, 0.1) is 19.6 Å². The van der Waals surface area contributed by atoms with Gasteiger partial charge in [-0.3, -0.25) is 0 Å². The number of aromatic nitrogens is 1. The van der Waals surface area contributed by atoms with E-state index in [2.05, 4.69) is 21.1 Å². The molecular formula is C11H15N3O2. The molecule has 16 heavy (non-hydrogen) atoms. The van der Waals surface area contributed by atoms with Crippen LogP contribution in [0.25, 0.3) is 0 Å². The SMILES string of the molecule is COC(=O)c1ccc(CNC(C)CC#N)[nH]1. The van der Waals surface area contributed by atoms with E-state index in [0.717, 1.165) is 5.69 Å². The van der Waals surface area contributed by atoms with Gasteiger partial charge in [-0.25, -0.2) is 4.79 Å². The van der Waals surface area contributed by atoms with Gasteiger partial charge in [0, 0.05) is 18.3 Å². The molecule has 0 aliphatic carbocycles. The number of methoxy groups -OCH3 is 1. The first-order valence-corrected chi connectivity index (χ1v) is 5.04. The van der Waals surface area contributed by atoms with E-state index in [1.165, 1.54) is 7.11 Å². The first-order chi connectivity index (χ1) is 7.67. The normalized spacial score (nSPS) is 11.8. The van der Waals surface area contributed by atoms with Crippen LogP contribution in [0.5, 0.6) is 0 Å². The Hall–Kier alpha value is -1.80. The molecule has 0 saturated carbocycles. The molecule has 1 heterocycles. The molecule has 0 bridgehead atoms. The van der Waals surface area contributed by atoms with Gasteiger partial charge in [-0.2, -0.15) is 5.26 Å². The maximum atomic E-state index is 11.2. The number of ether oxygens (including phenoxy) is 1. The van der Waals surface area contributed by atoms with Crippen LogP contribution in [-0.4, -0.2) is 24.1 Å². The molecule has 5 heteroatoms. The summed E-state index contributed by atoms with van der Waals surface area (Å²) in [4.78, 5) is 14.1. The maximum absolute atomic E-state index is 11.2. The van der Waals surface area contributed by atoms with E-state index in [1.807, 2.05) is 13.0 Å². The molecule has 1 rings (SSSR count). The molecule has 0 aliphatic heterocycles. The third-order valence-corrected chi connectivity index (χ3v) is 2.19. The second-order valence-corrected chi connectivity index (χ2v) is 3.53. The van der Waals surface area contributed by atoms with E-state index in [0.29, 0.717) is 18.7 Å². The second kappa shape index (κ2) is 5.93. The van der Waals surface area contributed by atoms with Crippen LogP contribution < -0.4 is 5.32 Å². The molecule has 0 radical (unpaired) electrons. The van der Waals surface area contributed by atoms with Crippen molar-refractivity contribution in [2.75, 3.05) is 7.11 Å². The Kier molecular flexibility index (Phi) is 4.55. The predicted octanol–water partition coefficient (Wildman–Crippen LogP) is 1.19. The van der Waals surface area contributed by atoms with Crippen molar-refractivity contribution in [3.63, 3.8) is 0 Å². The van der Waals surface area contributed by atoms with Crippen LogP contribution in [-0.2, 0) is 11.3 Å². The zero-order valence-electron chi connectivity index (χ0n) is 9.41. The Balaban J connectivity index is 2.47. The van der Waals surface area contributed by atoms with Crippen molar-refractivity contribution >= 4 is 5.97 Å². The molecular weight excluding hydrogens is 206 g/mol. The fourth-order valence-electron chi connectivity index (χ4n) is 1.27. The van der Waals surface area contributed by atoms with E-state index in [1.54, 1.807) is 6.07 Å². The number of carbonyl (C=O) groups is 1. The molecule has 0 aliphatic rings. The number of hydrogen-bond donors (Lipinski definition) is 2. The van der Waals surface area contributed by atoms with Crippen molar-refractivity contribution in [2.24, 2.45) is 0 Å². The number of rotatable bonds is 5. The molecule has 1 atom stereocenters. The summed E-state index contributed by atoms with van der Waals surface area (Å²) in [6.07, 6.45) is 0.463. The molecule has 1 unspecified atom stereocenters. The predicted molar refractivity (Wildman–Crippen MR) is 58.7 cm³/mol. The van der Waals surface area contributed by atoms with E-state index in [4.69, 9.17) is 5.26 Å². The minimum Gasteiger partial charge on any atom is -0.464 e. The van der Waals surface area contributed by atoms with Crippen molar-refractivity contribution < 1.29 is 9.53 Å². The number of H-pyrrole nitrogens is 1. The number of hydrogen-bond acceptors (Lipinski definition) is 4. The summed E-state index contributed by atoms with van der Waals surface area (Å²) in [6, 6.07) is 5.72. The number of nitriles is 1. The van der Waals surface area contributed by atoms with Crippen LogP contribution in [0.4, 0.5) is 0 Å². The molecule has 0 aromatic carbocycles. The highest BCUT2D eigenvalue weighted by Crippen LogP contribution is 2.03. The minimum absolute atomic E-state index is 0.134. The highest BCUT2D eigenvalue weighted by atomic mass is 16.5. The van der Waals surface area contributed by atoms with E-state index in [-0.39, 0.29) is 12.0 Å². The summed E-state index contributed by atoms with van der Waals surface area (Å²) in [6.45, 7) is 2.53. The molecule has 0 saturated heterocycles. The van der Waals surface area contributed by atoms with E-state index < -0.39 is 0 Å². The molecule has 1 aromatic heterocycles. The average molecular weight is 221 g/mol. The number of esters is 1. The zero-order chi connectivity index (χ0) is 12.0. The van der Waals surface area contributed by atoms with Crippen LogP contribution in [0.2, 0.25) is 0 Å². The Morgan fingerprint density at radius 3 is 3.06 bits per heavy atom. The summed E-state index contributed by atoms with van der Waals surface area (Å²) in [5, 5.41) is 11.6. The molecule has 0 spiro atoms. The van der Waals surface area contributed by atoms with Gasteiger partial charge in [0.2, 0.25) is 0 Å². The lowest BCUT2D eigenvalue weighted by Gasteiger charge is -2.08. The van der Waals surface area contributed by atoms with Gasteiger partial charge < -0.3 is 15.0 Å². The zero-order valence-corrected chi connectivity index (χ0v) is 9.41. The molecule has 5 nitrogen and oxygen atoms in total. The maximum Gasteiger partial charge on any atom is 0.354 e. The summed E-state index contributed by atoms with van der Waals surface area (Å²) in [7, 11) is 1.34. The fourth-order valence-corrected chi connectivity index (χ4v) is 1.27. The summed E-state index contributed by atoms with van der Waals surface area (Å²) >= 11 is 0. The van der Waals surface area contributed by atoms with Gasteiger partial charge in [0.15, 0.2) is 0 Å². The van der Waals surface area contributed by atoms with E-state index in [9.17, 15) is 4.79 Å². The highest BCUT2D eigenvalue weighted by molar-refractivity contribution is 5.87. The lowest BCUT2D eigenvalue weighted by atomic mass is 10.2. The van der Waals surface area contributed by atoms with Gasteiger partial charge in [-0.1, -0.05) is 0 Å². The van der Waals surface area contributed by atoms with Crippen molar-refractivity contribution in [1.82, 2.24) is 10.3 Å². The Morgan fingerprint density at radius 1 is 1.69 bits per heavy atom. The highest BCUT2D eigenvalue weighted by Gasteiger charge is 2.08. The molecule has 0 fully saturated rings. The minimum atomic E-state index is -0.378. The standard InChI is InChI=1S/C11H15N3O2/c1-8(5-6-12)13-7-9-3-4-10(14-9)11(15)16-2/h3-4,8,13-14H,5,7H2,1-2H3. The molecule has 2 N–H and O–H groups in total. The summed E-state index contributed by atoms with van der Waals surface area (Å²) in [5.41, 5.74) is 1.33. The lowest BCUT2D eigenvalue weighted by molar-refractivity contribution is 0.0594. The van der Waals surface area contributed by atoms with Crippen LogP contribution in [0, 0.1) is 11.3 Å². The summed E-state index contributed by atoms with van der Waals surface area (Å²) in [5.74, 6) is -0.378. The van der Waals surface area contributed by atoms with Gasteiger partial charge in [-0.05, 0) is 19.1 Å². The van der Waals surface area contributed by atoms with Crippen LogP contribution in [0.3, 0.4) is 0 Å². The first kappa shape index (κ1) is 12.3. The molecule has 0 amide bonds. The lowest BCUT2D eigenvalue weighted by Crippen LogP contribution is -2.25. The number of aromatic amines is 1. The fraction of sp³-hybridized carbons (Fsp3) is 0.455. The first-order valence-electron chi connectivity index (χ1n) is 5.04. The van der Waals surface area contributed by atoms with Crippen LogP contribution >= 0.6 is 0 Å². The van der Waals surface area contributed by atoms with Crippen molar-refractivity contribution in [1.29, 1.82) is 5.26 Å². The monoisotopic (exact) mass is 221 g/mol. The van der Waals surface area contributed by atoms with Crippen molar-refractivity contribution in [3.8, 4) is 6.07 Å². The van der Waals surface area contributed by atoms with Gasteiger partial charge in [-0.15, -0.1) is 0 Å². The Morgan fingerprint density at radius 2 is 2.44 bits per heavy atom. The van der Waals surface area contributed by atoms with Crippen molar-refractivity contribution in [2.45, 2.75) is 25.9 Å². The average Bonchev–Trinajstić information content (AvgIpc) is 2.74. The molecule has 1 aromatic rings. The smallest absolute Gasteiger partial charge is 0.354 e. The number of nitrogens with one attached hydrogen (secondary N) is 2. The largest absolute Gasteiger partial charge is 0.464 e. The van der Waals surface area contributed by atoms with Crippen molar-refractivity contribution in [3.05, 3.63) is 23.5 Å². The quantitative estimate of drug-likeness (QED) is 0.732. The second-order valence-electron chi connectivity index (χ2n) is 3.53.